The molecule has 104 valence electrons. The van der Waals surface area contributed by atoms with E-state index in [2.05, 4.69) is 46.4 Å². The van der Waals surface area contributed by atoms with Crippen molar-refractivity contribution in [2.45, 2.75) is 31.8 Å². The smallest absolute Gasteiger partial charge is 0.191 e. The molecule has 18 heavy (non-hydrogen) atoms. The van der Waals surface area contributed by atoms with Gasteiger partial charge in [-0.2, -0.15) is 0 Å². The predicted molar refractivity (Wildman–Crippen MR) is 76.1 cm³/mol. The van der Waals surface area contributed by atoms with Crippen molar-refractivity contribution < 1.29 is 0 Å². The standard InChI is InChI=1S/C13H27N5/c1-11-10-15-13(16-11)14-6-9-18-7-4-12(5-8-18)17(2)3/h11-12H,4-10H2,1-3H3,(H2,14,15,16). The van der Waals surface area contributed by atoms with Gasteiger partial charge in [-0.1, -0.05) is 0 Å². The Hall–Kier alpha value is -0.810. The molecule has 1 atom stereocenters. The molecule has 0 aromatic rings. The van der Waals surface area contributed by atoms with E-state index in [1.54, 1.807) is 0 Å². The average Bonchev–Trinajstić information content (AvgIpc) is 2.76. The van der Waals surface area contributed by atoms with Gasteiger partial charge in [0.15, 0.2) is 5.96 Å². The van der Waals surface area contributed by atoms with E-state index in [0.717, 1.165) is 31.6 Å². The predicted octanol–water partition coefficient (Wildman–Crippen LogP) is -0.0503. The van der Waals surface area contributed by atoms with Gasteiger partial charge in [-0.25, -0.2) is 0 Å². The molecule has 0 aromatic heterocycles. The van der Waals surface area contributed by atoms with E-state index in [4.69, 9.17) is 0 Å². The van der Waals surface area contributed by atoms with Gasteiger partial charge < -0.3 is 20.4 Å². The lowest BCUT2D eigenvalue weighted by molar-refractivity contribution is 0.147. The third kappa shape index (κ3) is 3.85. The Bertz CT molecular complexity index is 281. The molecule has 0 amide bonds. The van der Waals surface area contributed by atoms with Gasteiger partial charge in [0.2, 0.25) is 0 Å². The minimum absolute atomic E-state index is 0.489. The summed E-state index contributed by atoms with van der Waals surface area (Å²) in [7, 11) is 4.37. The van der Waals surface area contributed by atoms with Crippen molar-refractivity contribution in [1.82, 2.24) is 20.4 Å². The average molecular weight is 253 g/mol. The van der Waals surface area contributed by atoms with Gasteiger partial charge in [0.1, 0.15) is 0 Å². The Kier molecular flexibility index (Phi) is 4.83. The number of guanidine groups is 1. The van der Waals surface area contributed by atoms with Gasteiger partial charge >= 0.3 is 0 Å². The molecule has 5 nitrogen and oxygen atoms in total. The molecule has 0 saturated carbocycles. The fourth-order valence-electron chi connectivity index (χ4n) is 2.65. The van der Waals surface area contributed by atoms with Gasteiger partial charge in [0.25, 0.3) is 0 Å². The number of rotatable bonds is 4. The molecule has 2 N–H and O–H groups in total. The van der Waals surface area contributed by atoms with Gasteiger partial charge in [0, 0.05) is 25.2 Å². The normalized spacial score (nSPS) is 26.2. The molecule has 1 saturated heterocycles. The molecule has 2 rings (SSSR count). The second-order valence-electron chi connectivity index (χ2n) is 5.70. The number of likely N-dealkylation sites (tertiary alicyclic amines) is 1. The van der Waals surface area contributed by atoms with Crippen LogP contribution in [0.25, 0.3) is 0 Å². The minimum Gasteiger partial charge on any atom is -0.355 e. The lowest BCUT2D eigenvalue weighted by atomic mass is 10.0. The molecule has 0 aliphatic carbocycles. The Labute approximate surface area is 111 Å². The Balaban J connectivity index is 1.58. The van der Waals surface area contributed by atoms with Gasteiger partial charge in [-0.15, -0.1) is 0 Å². The van der Waals surface area contributed by atoms with E-state index in [0.29, 0.717) is 6.04 Å². The van der Waals surface area contributed by atoms with Crippen LogP contribution in [0.3, 0.4) is 0 Å². The highest BCUT2D eigenvalue weighted by Gasteiger charge is 2.20. The van der Waals surface area contributed by atoms with Crippen LogP contribution in [0.5, 0.6) is 0 Å². The van der Waals surface area contributed by atoms with Crippen LogP contribution in [0.2, 0.25) is 0 Å². The fraction of sp³-hybridized carbons (Fsp3) is 0.923. The molecule has 0 aromatic carbocycles. The lowest BCUT2D eigenvalue weighted by Gasteiger charge is -2.35. The summed E-state index contributed by atoms with van der Waals surface area (Å²) < 4.78 is 0. The number of nitrogens with one attached hydrogen (secondary N) is 2. The molecule has 5 heteroatoms. The summed E-state index contributed by atoms with van der Waals surface area (Å²) in [4.78, 5) is 9.31. The number of nitrogens with zero attached hydrogens (tertiary/aromatic N) is 3. The molecular formula is C13H27N5. The van der Waals surface area contributed by atoms with Gasteiger partial charge in [-0.3, -0.25) is 4.99 Å². The van der Waals surface area contributed by atoms with Crippen LogP contribution in [-0.2, 0) is 0 Å². The van der Waals surface area contributed by atoms with Gasteiger partial charge in [-0.05, 0) is 47.0 Å². The Morgan fingerprint density at radius 2 is 2.11 bits per heavy atom. The lowest BCUT2D eigenvalue weighted by Crippen LogP contribution is -2.46. The van der Waals surface area contributed by atoms with Crippen molar-refractivity contribution >= 4 is 5.96 Å². The zero-order valence-electron chi connectivity index (χ0n) is 11.9. The highest BCUT2D eigenvalue weighted by atomic mass is 15.2. The summed E-state index contributed by atoms with van der Waals surface area (Å²) in [5.74, 6) is 0.977. The second-order valence-corrected chi connectivity index (χ2v) is 5.70. The summed E-state index contributed by atoms with van der Waals surface area (Å²) in [5.41, 5.74) is 0. The minimum atomic E-state index is 0.489. The first-order valence-electron chi connectivity index (χ1n) is 7.09. The molecule has 1 unspecified atom stereocenters. The molecule has 2 aliphatic heterocycles. The van der Waals surface area contributed by atoms with Crippen LogP contribution in [0.1, 0.15) is 19.8 Å². The van der Waals surface area contributed by atoms with Crippen molar-refractivity contribution in [2.24, 2.45) is 4.99 Å². The van der Waals surface area contributed by atoms with E-state index >= 15 is 0 Å². The molecular weight excluding hydrogens is 226 g/mol. The van der Waals surface area contributed by atoms with E-state index in [1.807, 2.05) is 0 Å². The largest absolute Gasteiger partial charge is 0.355 e. The first kappa shape index (κ1) is 13.6. The highest BCUT2D eigenvalue weighted by molar-refractivity contribution is 5.81. The monoisotopic (exact) mass is 253 g/mol. The summed E-state index contributed by atoms with van der Waals surface area (Å²) in [6.45, 7) is 7.61. The quantitative estimate of drug-likeness (QED) is 0.737. The molecule has 2 aliphatic rings. The van der Waals surface area contributed by atoms with Crippen LogP contribution in [0.4, 0.5) is 0 Å². The molecule has 0 bridgehead atoms. The second kappa shape index (κ2) is 6.38. The topological polar surface area (TPSA) is 42.9 Å². The van der Waals surface area contributed by atoms with Crippen LogP contribution >= 0.6 is 0 Å². The fourth-order valence-corrected chi connectivity index (χ4v) is 2.65. The molecule has 1 fully saturated rings. The van der Waals surface area contributed by atoms with E-state index in [-0.39, 0.29) is 0 Å². The maximum absolute atomic E-state index is 4.40. The van der Waals surface area contributed by atoms with Crippen LogP contribution in [0.15, 0.2) is 4.99 Å². The SMILES string of the molecule is CC1CN=C(NCCN2CCC(N(C)C)CC2)N1. The number of hydrogen-bond donors (Lipinski definition) is 2. The van der Waals surface area contributed by atoms with Crippen molar-refractivity contribution in [3.63, 3.8) is 0 Å². The summed E-state index contributed by atoms with van der Waals surface area (Å²) in [6, 6.07) is 1.26. The summed E-state index contributed by atoms with van der Waals surface area (Å²) in [5, 5.41) is 6.71. The van der Waals surface area contributed by atoms with Crippen molar-refractivity contribution in [3.05, 3.63) is 0 Å². The van der Waals surface area contributed by atoms with Crippen molar-refractivity contribution in [2.75, 3.05) is 46.8 Å². The van der Waals surface area contributed by atoms with Crippen molar-refractivity contribution in [3.8, 4) is 0 Å². The van der Waals surface area contributed by atoms with Crippen LogP contribution in [-0.4, -0.2) is 74.7 Å². The summed E-state index contributed by atoms with van der Waals surface area (Å²) >= 11 is 0. The third-order valence-electron chi connectivity index (χ3n) is 3.91. The van der Waals surface area contributed by atoms with Gasteiger partial charge in [0.05, 0.1) is 6.54 Å². The Morgan fingerprint density at radius 3 is 2.67 bits per heavy atom. The first-order valence-corrected chi connectivity index (χ1v) is 7.09. The maximum Gasteiger partial charge on any atom is 0.191 e. The zero-order chi connectivity index (χ0) is 13.0. The number of hydrogen-bond acceptors (Lipinski definition) is 5. The molecule has 2 heterocycles. The number of aliphatic imine (C=N–C) groups is 1. The van der Waals surface area contributed by atoms with Crippen LogP contribution < -0.4 is 10.6 Å². The summed E-state index contributed by atoms with van der Waals surface area (Å²) in [6.07, 6.45) is 2.59. The van der Waals surface area contributed by atoms with E-state index < -0.39 is 0 Å². The molecule has 0 radical (unpaired) electrons. The number of piperidine rings is 1. The van der Waals surface area contributed by atoms with Crippen molar-refractivity contribution in [1.29, 1.82) is 0 Å². The first-order chi connectivity index (χ1) is 8.65. The Morgan fingerprint density at radius 1 is 1.39 bits per heavy atom. The maximum atomic E-state index is 4.40. The van der Waals surface area contributed by atoms with E-state index in [9.17, 15) is 0 Å². The molecule has 0 spiro atoms. The van der Waals surface area contributed by atoms with E-state index in [1.165, 1.54) is 25.9 Å². The zero-order valence-corrected chi connectivity index (χ0v) is 11.9. The third-order valence-corrected chi connectivity index (χ3v) is 3.91. The van der Waals surface area contributed by atoms with Crippen LogP contribution in [0, 0.1) is 0 Å². The highest BCUT2D eigenvalue weighted by Crippen LogP contribution is 2.13.